The summed E-state index contributed by atoms with van der Waals surface area (Å²) in [5.41, 5.74) is 0.960. The predicted octanol–water partition coefficient (Wildman–Crippen LogP) is 1.75. The van der Waals surface area contributed by atoms with Crippen LogP contribution < -0.4 is 10.6 Å². The summed E-state index contributed by atoms with van der Waals surface area (Å²) in [5.74, 6) is 0. The maximum absolute atomic E-state index is 5.29. The summed E-state index contributed by atoms with van der Waals surface area (Å²) in [7, 11) is 0. The van der Waals surface area contributed by atoms with E-state index in [0.29, 0.717) is 18.1 Å². The Kier molecular flexibility index (Phi) is 2.72. The van der Waals surface area contributed by atoms with Crippen molar-refractivity contribution in [1.29, 1.82) is 0 Å². The van der Waals surface area contributed by atoms with Gasteiger partial charge in [-0.1, -0.05) is 13.8 Å². The van der Waals surface area contributed by atoms with E-state index in [-0.39, 0.29) is 0 Å². The Labute approximate surface area is 84.1 Å². The Bertz CT molecular complexity index is 291. The quantitative estimate of drug-likeness (QED) is 0.751. The molecule has 0 aliphatic heterocycles. The SMILES string of the molecule is CC(C)NCc1coc(NC2CC2)n1. The highest BCUT2D eigenvalue weighted by molar-refractivity contribution is 5.25. The second-order valence-electron chi connectivity index (χ2n) is 4.10. The van der Waals surface area contributed by atoms with Gasteiger partial charge in [-0.2, -0.15) is 4.98 Å². The standard InChI is InChI=1S/C10H17N3O/c1-7(2)11-5-9-6-14-10(13-9)12-8-3-4-8/h6-8,11H,3-5H2,1-2H3,(H,12,13). The van der Waals surface area contributed by atoms with E-state index in [4.69, 9.17) is 4.42 Å². The molecule has 0 radical (unpaired) electrons. The van der Waals surface area contributed by atoms with Gasteiger partial charge in [0.2, 0.25) is 0 Å². The molecule has 14 heavy (non-hydrogen) atoms. The fourth-order valence-corrected chi connectivity index (χ4v) is 1.17. The molecule has 78 valence electrons. The number of nitrogens with zero attached hydrogens (tertiary/aromatic N) is 1. The van der Waals surface area contributed by atoms with E-state index >= 15 is 0 Å². The molecular formula is C10H17N3O. The van der Waals surface area contributed by atoms with Crippen molar-refractivity contribution in [2.75, 3.05) is 5.32 Å². The van der Waals surface area contributed by atoms with Crippen LogP contribution in [0.15, 0.2) is 10.7 Å². The van der Waals surface area contributed by atoms with E-state index < -0.39 is 0 Å². The lowest BCUT2D eigenvalue weighted by Crippen LogP contribution is -2.21. The van der Waals surface area contributed by atoms with Crippen molar-refractivity contribution in [3.63, 3.8) is 0 Å². The van der Waals surface area contributed by atoms with Gasteiger partial charge in [0.1, 0.15) is 6.26 Å². The highest BCUT2D eigenvalue weighted by Gasteiger charge is 2.22. The second kappa shape index (κ2) is 4.00. The van der Waals surface area contributed by atoms with Gasteiger partial charge in [-0.3, -0.25) is 0 Å². The van der Waals surface area contributed by atoms with Gasteiger partial charge >= 0.3 is 0 Å². The Morgan fingerprint density at radius 1 is 1.57 bits per heavy atom. The van der Waals surface area contributed by atoms with Crippen LogP contribution in [0.1, 0.15) is 32.4 Å². The summed E-state index contributed by atoms with van der Waals surface area (Å²) in [5, 5.41) is 6.51. The molecule has 1 saturated carbocycles. The first-order valence-electron chi connectivity index (χ1n) is 5.18. The van der Waals surface area contributed by atoms with E-state index in [1.807, 2.05) is 0 Å². The summed E-state index contributed by atoms with van der Waals surface area (Å²) >= 11 is 0. The van der Waals surface area contributed by atoms with Gasteiger partial charge < -0.3 is 15.1 Å². The van der Waals surface area contributed by atoms with E-state index in [1.165, 1.54) is 12.8 Å². The number of nitrogens with one attached hydrogen (secondary N) is 2. The maximum atomic E-state index is 5.29. The van der Waals surface area contributed by atoms with Crippen molar-refractivity contribution in [3.8, 4) is 0 Å². The fraction of sp³-hybridized carbons (Fsp3) is 0.700. The molecule has 1 aromatic rings. The lowest BCUT2D eigenvalue weighted by molar-refractivity contribution is 0.558. The van der Waals surface area contributed by atoms with Crippen LogP contribution in [0.3, 0.4) is 0 Å². The van der Waals surface area contributed by atoms with E-state index in [0.717, 1.165) is 12.2 Å². The first kappa shape index (κ1) is 9.52. The molecule has 0 aromatic carbocycles. The van der Waals surface area contributed by atoms with E-state index in [1.54, 1.807) is 6.26 Å². The molecule has 1 heterocycles. The van der Waals surface area contributed by atoms with Crippen LogP contribution in [-0.2, 0) is 6.54 Å². The molecule has 2 rings (SSSR count). The second-order valence-corrected chi connectivity index (χ2v) is 4.10. The third-order valence-corrected chi connectivity index (χ3v) is 2.15. The third kappa shape index (κ3) is 2.73. The first-order valence-corrected chi connectivity index (χ1v) is 5.18. The van der Waals surface area contributed by atoms with Crippen molar-refractivity contribution < 1.29 is 4.42 Å². The molecule has 0 saturated heterocycles. The lowest BCUT2D eigenvalue weighted by atomic mass is 10.4. The normalized spacial score (nSPS) is 16.2. The largest absolute Gasteiger partial charge is 0.432 e. The lowest BCUT2D eigenvalue weighted by Gasteiger charge is -2.04. The zero-order chi connectivity index (χ0) is 9.97. The Balaban J connectivity index is 1.82. The predicted molar refractivity (Wildman–Crippen MR) is 55.1 cm³/mol. The number of rotatable bonds is 5. The molecule has 4 heteroatoms. The monoisotopic (exact) mass is 195 g/mol. The highest BCUT2D eigenvalue weighted by atomic mass is 16.4. The van der Waals surface area contributed by atoms with Crippen LogP contribution in [0, 0.1) is 0 Å². The molecule has 2 N–H and O–H groups in total. The molecule has 1 fully saturated rings. The fourth-order valence-electron chi connectivity index (χ4n) is 1.17. The van der Waals surface area contributed by atoms with Crippen molar-refractivity contribution in [1.82, 2.24) is 10.3 Å². The minimum atomic E-state index is 0.478. The van der Waals surface area contributed by atoms with Gasteiger partial charge in [0.25, 0.3) is 6.01 Å². The van der Waals surface area contributed by atoms with E-state index in [2.05, 4.69) is 29.5 Å². The molecule has 0 bridgehead atoms. The van der Waals surface area contributed by atoms with Crippen LogP contribution in [0.25, 0.3) is 0 Å². The van der Waals surface area contributed by atoms with Gasteiger partial charge in [0, 0.05) is 18.6 Å². The van der Waals surface area contributed by atoms with E-state index in [9.17, 15) is 0 Å². The van der Waals surface area contributed by atoms with Crippen molar-refractivity contribution >= 4 is 6.01 Å². The van der Waals surface area contributed by atoms with Gasteiger partial charge in [-0.05, 0) is 12.8 Å². The third-order valence-electron chi connectivity index (χ3n) is 2.15. The van der Waals surface area contributed by atoms with Gasteiger partial charge in [-0.25, -0.2) is 0 Å². The summed E-state index contributed by atoms with van der Waals surface area (Å²) < 4.78 is 5.29. The van der Waals surface area contributed by atoms with Gasteiger partial charge in [0.15, 0.2) is 0 Å². The maximum Gasteiger partial charge on any atom is 0.294 e. The van der Waals surface area contributed by atoms with Crippen molar-refractivity contribution in [2.45, 2.75) is 45.3 Å². The molecule has 0 amide bonds. The topological polar surface area (TPSA) is 50.1 Å². The molecule has 0 atom stereocenters. The summed E-state index contributed by atoms with van der Waals surface area (Å²) in [4.78, 5) is 4.32. The first-order chi connectivity index (χ1) is 6.74. The molecule has 0 unspecified atom stereocenters. The highest BCUT2D eigenvalue weighted by Crippen LogP contribution is 2.23. The molecule has 1 aromatic heterocycles. The minimum absolute atomic E-state index is 0.478. The zero-order valence-electron chi connectivity index (χ0n) is 8.71. The van der Waals surface area contributed by atoms with Crippen LogP contribution >= 0.6 is 0 Å². The number of hydrogen-bond acceptors (Lipinski definition) is 4. The molecule has 1 aliphatic rings. The summed E-state index contributed by atoms with van der Waals surface area (Å²) in [6.45, 7) is 5.00. The summed E-state index contributed by atoms with van der Waals surface area (Å²) in [6.07, 6.45) is 4.18. The Morgan fingerprint density at radius 3 is 3.00 bits per heavy atom. The van der Waals surface area contributed by atoms with Crippen LogP contribution in [0.4, 0.5) is 6.01 Å². The molecular weight excluding hydrogens is 178 g/mol. The van der Waals surface area contributed by atoms with Crippen molar-refractivity contribution in [2.24, 2.45) is 0 Å². The summed E-state index contributed by atoms with van der Waals surface area (Å²) in [6, 6.07) is 1.74. The Hall–Kier alpha value is -1.03. The molecule has 4 nitrogen and oxygen atoms in total. The average molecular weight is 195 g/mol. The number of anilines is 1. The number of hydrogen-bond donors (Lipinski definition) is 2. The van der Waals surface area contributed by atoms with Gasteiger partial charge in [0.05, 0.1) is 5.69 Å². The zero-order valence-corrected chi connectivity index (χ0v) is 8.71. The Morgan fingerprint density at radius 2 is 2.36 bits per heavy atom. The minimum Gasteiger partial charge on any atom is -0.432 e. The molecule has 1 aliphatic carbocycles. The number of aromatic nitrogens is 1. The van der Waals surface area contributed by atoms with Crippen LogP contribution in [0.2, 0.25) is 0 Å². The molecule has 0 spiro atoms. The number of oxazole rings is 1. The van der Waals surface area contributed by atoms with Crippen LogP contribution in [0.5, 0.6) is 0 Å². The smallest absolute Gasteiger partial charge is 0.294 e. The average Bonchev–Trinajstić information content (AvgIpc) is 2.81. The van der Waals surface area contributed by atoms with Crippen molar-refractivity contribution in [3.05, 3.63) is 12.0 Å². The van der Waals surface area contributed by atoms with Gasteiger partial charge in [-0.15, -0.1) is 0 Å². The van der Waals surface area contributed by atoms with Crippen LogP contribution in [-0.4, -0.2) is 17.1 Å².